The van der Waals surface area contributed by atoms with Gasteiger partial charge in [-0.15, -0.1) is 0 Å². The molecule has 1 aromatic carbocycles. The Kier molecular flexibility index (Phi) is 4.32. The summed E-state index contributed by atoms with van der Waals surface area (Å²) in [6, 6.07) is 3.97. The Morgan fingerprint density at radius 3 is 2.60 bits per heavy atom. The number of aromatic hydroxyl groups is 2. The number of rotatable bonds is 5. The molecule has 0 saturated carbocycles. The van der Waals surface area contributed by atoms with Gasteiger partial charge in [0.2, 0.25) is 0 Å². The Labute approximate surface area is 117 Å². The van der Waals surface area contributed by atoms with Crippen molar-refractivity contribution in [3.63, 3.8) is 0 Å². The molecule has 0 aliphatic carbocycles. The SMILES string of the molecule is CCCCC(CC)c1cc(=O)c2c(O)cc(O)cc2o1. The van der Waals surface area contributed by atoms with Crippen molar-refractivity contribution in [3.05, 3.63) is 34.2 Å². The highest BCUT2D eigenvalue weighted by Crippen LogP contribution is 2.31. The minimum absolute atomic E-state index is 0.114. The van der Waals surface area contributed by atoms with Crippen LogP contribution in [0.25, 0.3) is 11.0 Å². The molecule has 0 aliphatic heterocycles. The van der Waals surface area contributed by atoms with Gasteiger partial charge in [0.1, 0.15) is 28.2 Å². The van der Waals surface area contributed by atoms with Crippen LogP contribution >= 0.6 is 0 Å². The van der Waals surface area contributed by atoms with Crippen molar-refractivity contribution in [2.24, 2.45) is 0 Å². The first-order valence-electron chi connectivity index (χ1n) is 7.06. The number of hydrogen-bond acceptors (Lipinski definition) is 4. The van der Waals surface area contributed by atoms with E-state index in [9.17, 15) is 15.0 Å². The third kappa shape index (κ3) is 2.79. The Morgan fingerprint density at radius 2 is 1.95 bits per heavy atom. The molecule has 1 aromatic heterocycles. The summed E-state index contributed by atoms with van der Waals surface area (Å²) < 4.78 is 5.73. The number of unbranched alkanes of at least 4 members (excludes halogenated alkanes) is 1. The fourth-order valence-corrected chi connectivity index (χ4v) is 2.47. The van der Waals surface area contributed by atoms with Crippen molar-refractivity contribution in [1.29, 1.82) is 0 Å². The zero-order valence-corrected chi connectivity index (χ0v) is 11.8. The van der Waals surface area contributed by atoms with Crippen LogP contribution in [-0.2, 0) is 0 Å². The molecule has 1 unspecified atom stereocenters. The van der Waals surface area contributed by atoms with Gasteiger partial charge in [-0.05, 0) is 12.8 Å². The fourth-order valence-electron chi connectivity index (χ4n) is 2.47. The predicted molar refractivity (Wildman–Crippen MR) is 78.4 cm³/mol. The molecule has 1 heterocycles. The quantitative estimate of drug-likeness (QED) is 0.869. The second-order valence-electron chi connectivity index (χ2n) is 5.10. The Balaban J connectivity index is 2.54. The minimum Gasteiger partial charge on any atom is -0.508 e. The molecule has 0 aliphatic rings. The van der Waals surface area contributed by atoms with Crippen LogP contribution < -0.4 is 5.43 Å². The van der Waals surface area contributed by atoms with Crippen LogP contribution in [0.3, 0.4) is 0 Å². The molecule has 2 N–H and O–H groups in total. The summed E-state index contributed by atoms with van der Waals surface area (Å²) in [6.07, 6.45) is 4.02. The first-order valence-corrected chi connectivity index (χ1v) is 7.06. The van der Waals surface area contributed by atoms with Gasteiger partial charge < -0.3 is 14.6 Å². The lowest BCUT2D eigenvalue weighted by atomic mass is 9.96. The van der Waals surface area contributed by atoms with Gasteiger partial charge in [-0.3, -0.25) is 4.79 Å². The Morgan fingerprint density at radius 1 is 1.20 bits per heavy atom. The molecule has 0 radical (unpaired) electrons. The first-order chi connectivity index (χ1) is 9.56. The highest BCUT2D eigenvalue weighted by Gasteiger charge is 2.16. The highest BCUT2D eigenvalue weighted by molar-refractivity contribution is 5.84. The van der Waals surface area contributed by atoms with E-state index < -0.39 is 0 Å². The van der Waals surface area contributed by atoms with Crippen LogP contribution in [0.4, 0.5) is 0 Å². The van der Waals surface area contributed by atoms with Crippen LogP contribution in [0.2, 0.25) is 0 Å². The van der Waals surface area contributed by atoms with E-state index in [1.54, 1.807) is 0 Å². The van der Waals surface area contributed by atoms with Gasteiger partial charge in [-0.25, -0.2) is 0 Å². The molecule has 1 atom stereocenters. The zero-order valence-electron chi connectivity index (χ0n) is 11.8. The average Bonchev–Trinajstić information content (AvgIpc) is 2.38. The third-order valence-electron chi connectivity index (χ3n) is 3.61. The van der Waals surface area contributed by atoms with E-state index in [-0.39, 0.29) is 33.8 Å². The van der Waals surface area contributed by atoms with Gasteiger partial charge in [0.05, 0.1) is 0 Å². The van der Waals surface area contributed by atoms with Gasteiger partial charge in [-0.1, -0.05) is 26.7 Å². The Bertz CT molecular complexity index is 657. The van der Waals surface area contributed by atoms with E-state index in [2.05, 4.69) is 13.8 Å². The molecule has 2 rings (SSSR count). The molecule has 0 amide bonds. The smallest absolute Gasteiger partial charge is 0.196 e. The van der Waals surface area contributed by atoms with E-state index in [1.807, 2.05) is 0 Å². The van der Waals surface area contributed by atoms with Crippen molar-refractivity contribution in [1.82, 2.24) is 0 Å². The Hall–Kier alpha value is -1.97. The lowest BCUT2D eigenvalue weighted by molar-refractivity contribution is 0.432. The molecule has 0 spiro atoms. The predicted octanol–water partition coefficient (Wildman–Crippen LogP) is 3.89. The van der Waals surface area contributed by atoms with E-state index >= 15 is 0 Å². The van der Waals surface area contributed by atoms with Crippen LogP contribution in [0.1, 0.15) is 51.2 Å². The number of phenols is 2. The maximum atomic E-state index is 12.1. The second kappa shape index (κ2) is 5.99. The standard InChI is InChI=1S/C16H20O4/c1-3-5-6-10(4-2)14-9-13(19)16-12(18)7-11(17)8-15(16)20-14/h7-10,17-18H,3-6H2,1-2H3. The van der Waals surface area contributed by atoms with Crippen molar-refractivity contribution >= 4 is 11.0 Å². The lowest BCUT2D eigenvalue weighted by Crippen LogP contribution is -2.06. The van der Waals surface area contributed by atoms with Crippen molar-refractivity contribution in [3.8, 4) is 11.5 Å². The van der Waals surface area contributed by atoms with E-state index in [0.717, 1.165) is 31.7 Å². The van der Waals surface area contributed by atoms with Gasteiger partial charge in [0.15, 0.2) is 5.43 Å². The second-order valence-corrected chi connectivity index (χ2v) is 5.10. The number of hydrogen-bond donors (Lipinski definition) is 2. The number of fused-ring (bicyclic) bond motifs is 1. The van der Waals surface area contributed by atoms with Crippen molar-refractivity contribution < 1.29 is 14.6 Å². The first kappa shape index (κ1) is 14.4. The molecule has 20 heavy (non-hydrogen) atoms. The van der Waals surface area contributed by atoms with E-state index in [1.165, 1.54) is 12.1 Å². The third-order valence-corrected chi connectivity index (χ3v) is 3.61. The molecule has 2 aromatic rings. The van der Waals surface area contributed by atoms with E-state index in [4.69, 9.17) is 4.42 Å². The summed E-state index contributed by atoms with van der Waals surface area (Å²) >= 11 is 0. The van der Waals surface area contributed by atoms with Crippen LogP contribution in [0.5, 0.6) is 11.5 Å². The molecule has 4 nitrogen and oxygen atoms in total. The monoisotopic (exact) mass is 276 g/mol. The maximum absolute atomic E-state index is 12.1. The maximum Gasteiger partial charge on any atom is 0.196 e. The van der Waals surface area contributed by atoms with Crippen LogP contribution in [0.15, 0.2) is 27.4 Å². The summed E-state index contributed by atoms with van der Waals surface area (Å²) in [5.41, 5.74) is -0.0337. The summed E-state index contributed by atoms with van der Waals surface area (Å²) in [5.74, 6) is 0.457. The molecule has 0 bridgehead atoms. The lowest BCUT2D eigenvalue weighted by Gasteiger charge is -2.14. The normalized spacial score (nSPS) is 12.7. The van der Waals surface area contributed by atoms with Crippen molar-refractivity contribution in [2.75, 3.05) is 0 Å². The molecule has 0 fully saturated rings. The molecule has 0 saturated heterocycles. The molecular weight excluding hydrogens is 256 g/mol. The largest absolute Gasteiger partial charge is 0.508 e. The van der Waals surface area contributed by atoms with Crippen molar-refractivity contribution in [2.45, 2.75) is 45.4 Å². The van der Waals surface area contributed by atoms with Gasteiger partial charge in [0, 0.05) is 24.1 Å². The van der Waals surface area contributed by atoms with Gasteiger partial charge in [0.25, 0.3) is 0 Å². The van der Waals surface area contributed by atoms with Gasteiger partial charge >= 0.3 is 0 Å². The molecule has 108 valence electrons. The highest BCUT2D eigenvalue weighted by atomic mass is 16.3. The summed E-state index contributed by atoms with van der Waals surface area (Å²) in [7, 11) is 0. The fraction of sp³-hybridized carbons (Fsp3) is 0.438. The zero-order chi connectivity index (χ0) is 14.7. The van der Waals surface area contributed by atoms with Crippen LogP contribution in [0, 0.1) is 0 Å². The van der Waals surface area contributed by atoms with Crippen LogP contribution in [-0.4, -0.2) is 10.2 Å². The molecular formula is C16H20O4. The van der Waals surface area contributed by atoms with E-state index in [0.29, 0.717) is 5.76 Å². The average molecular weight is 276 g/mol. The number of phenolic OH excluding ortho intramolecular Hbond substituents is 2. The summed E-state index contributed by atoms with van der Waals surface area (Å²) in [6.45, 7) is 4.18. The molecule has 4 heteroatoms. The minimum atomic E-state index is -0.270. The number of benzene rings is 1. The summed E-state index contributed by atoms with van der Waals surface area (Å²) in [5, 5.41) is 19.4. The van der Waals surface area contributed by atoms with Gasteiger partial charge in [-0.2, -0.15) is 0 Å². The summed E-state index contributed by atoms with van der Waals surface area (Å²) in [4.78, 5) is 12.1. The topological polar surface area (TPSA) is 70.7 Å².